The Morgan fingerprint density at radius 3 is 2.58 bits per heavy atom. The third-order valence-corrected chi connectivity index (χ3v) is 6.67. The fourth-order valence-electron chi connectivity index (χ4n) is 3.46. The standard InChI is InChI=1S/C24H21Cl2FN4OS/c1-3-28-24-31(4-2)23(32)21(33-24)11-17-14-30(13-16-5-8-18(25)12-20(16)26)29-22(17)15-6-9-19(27)10-7-15/h5-12,14H,3-4,13H2,1-2H3/b21-11-,28-24?. The molecule has 9 heteroatoms. The van der Waals surface area contributed by atoms with Crippen LogP contribution in [-0.2, 0) is 11.3 Å². The van der Waals surface area contributed by atoms with Gasteiger partial charge in [0.1, 0.15) is 5.82 Å². The van der Waals surface area contributed by atoms with Crippen LogP contribution >= 0.6 is 35.0 Å². The second-order valence-electron chi connectivity index (χ2n) is 7.29. The van der Waals surface area contributed by atoms with Crippen molar-refractivity contribution < 1.29 is 9.18 Å². The molecule has 2 heterocycles. The molecule has 0 saturated carbocycles. The van der Waals surface area contributed by atoms with Gasteiger partial charge in [0.05, 0.1) is 17.1 Å². The van der Waals surface area contributed by atoms with Gasteiger partial charge in [-0.05, 0) is 73.6 Å². The van der Waals surface area contributed by atoms with E-state index in [0.717, 1.165) is 16.7 Å². The number of nitrogens with zero attached hydrogens (tertiary/aromatic N) is 4. The minimum absolute atomic E-state index is 0.0896. The highest BCUT2D eigenvalue weighted by molar-refractivity contribution is 8.18. The summed E-state index contributed by atoms with van der Waals surface area (Å²) in [6, 6.07) is 11.4. The number of aromatic nitrogens is 2. The molecule has 1 saturated heterocycles. The van der Waals surface area contributed by atoms with Crippen LogP contribution in [0.2, 0.25) is 10.0 Å². The fraction of sp³-hybridized carbons (Fsp3) is 0.208. The molecular formula is C24H21Cl2FN4OS. The van der Waals surface area contributed by atoms with E-state index in [-0.39, 0.29) is 11.7 Å². The molecule has 1 aromatic heterocycles. The zero-order chi connectivity index (χ0) is 23.5. The van der Waals surface area contributed by atoms with E-state index < -0.39 is 0 Å². The molecule has 5 nitrogen and oxygen atoms in total. The molecule has 170 valence electrons. The van der Waals surface area contributed by atoms with E-state index in [1.807, 2.05) is 32.2 Å². The number of amidine groups is 1. The lowest BCUT2D eigenvalue weighted by molar-refractivity contribution is -0.122. The Bertz CT molecular complexity index is 1250. The zero-order valence-electron chi connectivity index (χ0n) is 18.1. The van der Waals surface area contributed by atoms with Crippen molar-refractivity contribution in [3.05, 3.63) is 80.6 Å². The van der Waals surface area contributed by atoms with Crippen LogP contribution < -0.4 is 0 Å². The Labute approximate surface area is 205 Å². The van der Waals surface area contributed by atoms with Gasteiger partial charge in [-0.3, -0.25) is 19.4 Å². The molecule has 0 atom stereocenters. The van der Waals surface area contributed by atoms with E-state index >= 15 is 0 Å². The lowest BCUT2D eigenvalue weighted by atomic mass is 10.1. The molecule has 1 amide bonds. The van der Waals surface area contributed by atoms with Gasteiger partial charge in [-0.15, -0.1) is 0 Å². The molecule has 0 bridgehead atoms. The normalized spacial score (nSPS) is 16.4. The molecule has 1 aliphatic heterocycles. The number of carbonyl (C=O) groups excluding carboxylic acids is 1. The predicted octanol–water partition coefficient (Wildman–Crippen LogP) is 6.36. The van der Waals surface area contributed by atoms with Gasteiger partial charge >= 0.3 is 0 Å². The van der Waals surface area contributed by atoms with Crippen molar-refractivity contribution in [3.63, 3.8) is 0 Å². The average Bonchev–Trinajstić information content (AvgIpc) is 3.31. The molecule has 2 aromatic carbocycles. The second-order valence-corrected chi connectivity index (χ2v) is 9.14. The predicted molar refractivity (Wildman–Crippen MR) is 134 cm³/mol. The van der Waals surface area contributed by atoms with Gasteiger partial charge in [-0.25, -0.2) is 4.39 Å². The van der Waals surface area contributed by atoms with Crippen molar-refractivity contribution in [2.75, 3.05) is 13.1 Å². The van der Waals surface area contributed by atoms with Crippen LogP contribution in [-0.4, -0.2) is 38.8 Å². The van der Waals surface area contributed by atoms with Gasteiger partial charge in [0.2, 0.25) is 0 Å². The third kappa shape index (κ3) is 5.16. The fourth-order valence-corrected chi connectivity index (χ4v) is 5.03. The molecule has 0 N–H and O–H groups in total. The van der Waals surface area contributed by atoms with Gasteiger partial charge in [0.15, 0.2) is 5.17 Å². The maximum absolute atomic E-state index is 13.5. The van der Waals surface area contributed by atoms with E-state index in [1.54, 1.807) is 33.8 Å². The molecule has 3 aromatic rings. The van der Waals surface area contributed by atoms with Crippen molar-refractivity contribution in [3.8, 4) is 11.3 Å². The lowest BCUT2D eigenvalue weighted by Gasteiger charge is -2.11. The number of benzene rings is 2. The van der Waals surface area contributed by atoms with Crippen molar-refractivity contribution in [2.45, 2.75) is 20.4 Å². The maximum Gasteiger partial charge on any atom is 0.266 e. The average molecular weight is 503 g/mol. The van der Waals surface area contributed by atoms with E-state index in [9.17, 15) is 9.18 Å². The van der Waals surface area contributed by atoms with Crippen molar-refractivity contribution in [2.24, 2.45) is 4.99 Å². The number of carbonyl (C=O) groups is 1. The molecule has 0 spiro atoms. The number of halogens is 3. The van der Waals surface area contributed by atoms with E-state index in [4.69, 9.17) is 28.3 Å². The highest BCUT2D eigenvalue weighted by atomic mass is 35.5. The van der Waals surface area contributed by atoms with Crippen LogP contribution in [0.15, 0.2) is 58.6 Å². The number of aliphatic imine (C=N–C) groups is 1. The summed E-state index contributed by atoms with van der Waals surface area (Å²) in [5.41, 5.74) is 2.99. The molecule has 0 radical (unpaired) electrons. The number of hydrogen-bond acceptors (Lipinski definition) is 4. The van der Waals surface area contributed by atoms with Crippen molar-refractivity contribution in [1.29, 1.82) is 0 Å². The molecule has 4 rings (SSSR count). The van der Waals surface area contributed by atoms with E-state index in [0.29, 0.717) is 45.4 Å². The number of hydrogen-bond donors (Lipinski definition) is 0. The molecule has 0 aliphatic carbocycles. The Balaban J connectivity index is 1.76. The van der Waals surface area contributed by atoms with Crippen LogP contribution in [0, 0.1) is 5.82 Å². The summed E-state index contributed by atoms with van der Waals surface area (Å²) in [6.45, 7) is 5.41. The first-order valence-corrected chi connectivity index (χ1v) is 12.0. The Morgan fingerprint density at radius 2 is 1.91 bits per heavy atom. The maximum atomic E-state index is 13.5. The first-order valence-electron chi connectivity index (χ1n) is 10.4. The van der Waals surface area contributed by atoms with E-state index in [2.05, 4.69) is 4.99 Å². The largest absolute Gasteiger partial charge is 0.287 e. The number of rotatable bonds is 6. The summed E-state index contributed by atoms with van der Waals surface area (Å²) in [6.07, 6.45) is 3.68. The first-order chi connectivity index (χ1) is 15.9. The van der Waals surface area contributed by atoms with Crippen LogP contribution in [0.1, 0.15) is 25.0 Å². The van der Waals surface area contributed by atoms with Gasteiger partial charge < -0.3 is 0 Å². The summed E-state index contributed by atoms with van der Waals surface area (Å²) < 4.78 is 15.3. The van der Waals surface area contributed by atoms with Crippen LogP contribution in [0.3, 0.4) is 0 Å². The highest BCUT2D eigenvalue weighted by Crippen LogP contribution is 2.34. The monoisotopic (exact) mass is 502 g/mol. The minimum Gasteiger partial charge on any atom is -0.287 e. The van der Waals surface area contributed by atoms with Crippen LogP contribution in [0.4, 0.5) is 4.39 Å². The lowest BCUT2D eigenvalue weighted by Crippen LogP contribution is -2.28. The van der Waals surface area contributed by atoms with Crippen LogP contribution in [0.25, 0.3) is 17.3 Å². The number of amides is 1. The number of likely N-dealkylation sites (N-methyl/N-ethyl adjacent to an activating group) is 1. The molecule has 1 aliphatic rings. The summed E-state index contributed by atoms with van der Waals surface area (Å²) in [5.74, 6) is -0.417. The molecule has 0 unspecified atom stereocenters. The number of thioether (sulfide) groups is 1. The SMILES string of the molecule is CCN=C1S/C(=C\c2cn(Cc3ccc(Cl)cc3Cl)nc2-c2ccc(F)cc2)C(=O)N1CC. The Hall–Kier alpha value is -2.61. The zero-order valence-corrected chi connectivity index (χ0v) is 20.4. The molecule has 33 heavy (non-hydrogen) atoms. The van der Waals surface area contributed by atoms with Gasteiger partial charge in [-0.2, -0.15) is 5.10 Å². The molecular weight excluding hydrogens is 482 g/mol. The first kappa shape index (κ1) is 23.5. The van der Waals surface area contributed by atoms with Crippen LogP contribution in [0.5, 0.6) is 0 Å². The Kier molecular flexibility index (Phi) is 7.22. The molecule has 1 fully saturated rings. The van der Waals surface area contributed by atoms with Crippen molar-refractivity contribution >= 4 is 52.1 Å². The summed E-state index contributed by atoms with van der Waals surface area (Å²) >= 11 is 13.7. The van der Waals surface area contributed by atoms with Gasteiger partial charge in [-0.1, -0.05) is 29.3 Å². The highest BCUT2D eigenvalue weighted by Gasteiger charge is 2.32. The van der Waals surface area contributed by atoms with Gasteiger partial charge in [0, 0.05) is 40.5 Å². The Morgan fingerprint density at radius 1 is 1.15 bits per heavy atom. The summed E-state index contributed by atoms with van der Waals surface area (Å²) in [4.78, 5) is 19.6. The minimum atomic E-state index is -0.327. The van der Waals surface area contributed by atoms with Gasteiger partial charge in [0.25, 0.3) is 5.91 Å². The van der Waals surface area contributed by atoms with E-state index in [1.165, 1.54) is 23.9 Å². The van der Waals surface area contributed by atoms with Crippen molar-refractivity contribution in [1.82, 2.24) is 14.7 Å². The quantitative estimate of drug-likeness (QED) is 0.368. The topological polar surface area (TPSA) is 50.5 Å². The summed E-state index contributed by atoms with van der Waals surface area (Å²) in [7, 11) is 0. The third-order valence-electron chi connectivity index (χ3n) is 5.04. The second kappa shape index (κ2) is 10.1. The summed E-state index contributed by atoms with van der Waals surface area (Å²) in [5, 5.41) is 6.52. The smallest absolute Gasteiger partial charge is 0.266 e.